The van der Waals surface area contributed by atoms with Gasteiger partial charge in [-0.05, 0) is 48.2 Å². The number of pyridine rings is 1. The van der Waals surface area contributed by atoms with E-state index in [4.69, 9.17) is 4.74 Å². The molecule has 41 heavy (non-hydrogen) atoms. The number of nitrogens with zero attached hydrogens (tertiary/aromatic N) is 3. The zero-order chi connectivity index (χ0) is 28.7. The Kier molecular flexibility index (Phi) is 6.73. The molecule has 2 aliphatic heterocycles. The summed E-state index contributed by atoms with van der Waals surface area (Å²) in [5.41, 5.74) is 1.12. The van der Waals surface area contributed by atoms with Crippen molar-refractivity contribution in [2.45, 2.75) is 45.3 Å². The zero-order valence-electron chi connectivity index (χ0n) is 23.3. The largest absolute Gasteiger partial charge is 0.456 e. The number of rotatable bonds is 6. The molecule has 0 aliphatic carbocycles. The van der Waals surface area contributed by atoms with E-state index in [0.29, 0.717) is 42.4 Å². The van der Waals surface area contributed by atoms with Crippen LogP contribution in [-0.2, 0) is 4.79 Å². The van der Waals surface area contributed by atoms with Crippen molar-refractivity contribution < 1.29 is 19.1 Å². The number of H-pyrrole nitrogens is 1. The number of ether oxygens (including phenoxy) is 1. The molecule has 2 fully saturated rings. The van der Waals surface area contributed by atoms with Crippen molar-refractivity contribution in [1.29, 1.82) is 0 Å². The fourth-order valence-corrected chi connectivity index (χ4v) is 5.74. The Morgan fingerprint density at radius 2 is 1.63 bits per heavy atom. The molecular formula is C32H33N5O4. The quantitative estimate of drug-likeness (QED) is 0.364. The minimum Gasteiger partial charge on any atom is -0.456 e. The Balaban J connectivity index is 1.11. The highest BCUT2D eigenvalue weighted by Crippen LogP contribution is 2.34. The molecule has 2 bridgehead atoms. The summed E-state index contributed by atoms with van der Waals surface area (Å²) >= 11 is 0. The van der Waals surface area contributed by atoms with Crippen molar-refractivity contribution in [2.75, 3.05) is 13.1 Å². The summed E-state index contributed by atoms with van der Waals surface area (Å²) in [6, 6.07) is 21.4. The average molecular weight is 552 g/mol. The summed E-state index contributed by atoms with van der Waals surface area (Å²) in [4.78, 5) is 51.5. The van der Waals surface area contributed by atoms with Crippen molar-refractivity contribution in [1.82, 2.24) is 25.1 Å². The van der Waals surface area contributed by atoms with E-state index in [1.165, 1.54) is 0 Å². The summed E-state index contributed by atoms with van der Waals surface area (Å²) < 4.78 is 5.79. The third kappa shape index (κ3) is 5.27. The standard InChI is InChI=1S/C32H33N5O4/c1-32(2,3)28(35-29(38)27-15-20-9-7-8-12-25(20)34-27)31(40)37-19-21-16-22(37)18-36(21)30(39)26-14-13-24(17-33-26)41-23-10-5-4-6-11-23/h4-15,17,21-22,28,34H,16,18-19H2,1-3H3,(H,35,38)/t21-,22-,28+/m0/s1. The van der Waals surface area contributed by atoms with Crippen LogP contribution in [0.5, 0.6) is 11.5 Å². The predicted octanol–water partition coefficient (Wildman–Crippen LogP) is 4.63. The van der Waals surface area contributed by atoms with E-state index in [0.717, 1.165) is 10.9 Å². The average Bonchev–Trinajstić information content (AvgIpc) is 3.70. The lowest BCUT2D eigenvalue weighted by Crippen LogP contribution is -2.59. The fraction of sp³-hybridized carbons (Fsp3) is 0.312. The van der Waals surface area contributed by atoms with Gasteiger partial charge in [-0.2, -0.15) is 0 Å². The van der Waals surface area contributed by atoms with Crippen molar-refractivity contribution in [2.24, 2.45) is 5.41 Å². The van der Waals surface area contributed by atoms with Gasteiger partial charge in [0.2, 0.25) is 5.91 Å². The Morgan fingerprint density at radius 1 is 0.927 bits per heavy atom. The van der Waals surface area contributed by atoms with Gasteiger partial charge in [-0.1, -0.05) is 57.2 Å². The van der Waals surface area contributed by atoms with Crippen LogP contribution in [0, 0.1) is 5.41 Å². The Hall–Kier alpha value is -4.66. The number of amides is 3. The number of carbonyl (C=O) groups excluding carboxylic acids is 3. The molecule has 0 saturated carbocycles. The molecule has 9 nitrogen and oxygen atoms in total. The molecule has 4 heterocycles. The van der Waals surface area contributed by atoms with Gasteiger partial charge in [0, 0.05) is 24.0 Å². The Morgan fingerprint density at radius 3 is 2.29 bits per heavy atom. The number of likely N-dealkylation sites (tertiary alicyclic amines) is 2. The molecule has 0 radical (unpaired) electrons. The first-order chi connectivity index (χ1) is 19.7. The smallest absolute Gasteiger partial charge is 0.272 e. The number of benzene rings is 2. The van der Waals surface area contributed by atoms with Gasteiger partial charge in [-0.25, -0.2) is 4.98 Å². The summed E-state index contributed by atoms with van der Waals surface area (Å²) in [5, 5.41) is 3.92. The van der Waals surface area contributed by atoms with Gasteiger partial charge in [0.25, 0.3) is 11.8 Å². The molecule has 2 N–H and O–H groups in total. The third-order valence-electron chi connectivity index (χ3n) is 7.88. The molecule has 2 aliphatic rings. The van der Waals surface area contributed by atoms with Crippen molar-refractivity contribution in [3.8, 4) is 11.5 Å². The number of nitrogens with one attached hydrogen (secondary N) is 2. The number of para-hydroxylation sites is 2. The number of hydrogen-bond donors (Lipinski definition) is 2. The lowest BCUT2D eigenvalue weighted by Gasteiger charge is -2.39. The topological polar surface area (TPSA) is 108 Å². The molecule has 9 heteroatoms. The second-order valence-corrected chi connectivity index (χ2v) is 11.8. The van der Waals surface area contributed by atoms with Crippen LogP contribution < -0.4 is 10.1 Å². The Labute approximate surface area is 238 Å². The van der Waals surface area contributed by atoms with E-state index in [-0.39, 0.29) is 29.8 Å². The molecule has 4 aromatic rings. The number of aromatic amines is 1. The maximum Gasteiger partial charge on any atom is 0.272 e. The number of hydrogen-bond acceptors (Lipinski definition) is 5. The monoisotopic (exact) mass is 551 g/mol. The van der Waals surface area contributed by atoms with E-state index in [9.17, 15) is 14.4 Å². The minimum absolute atomic E-state index is 0.0940. The zero-order valence-corrected chi connectivity index (χ0v) is 23.3. The van der Waals surface area contributed by atoms with Crippen LogP contribution in [-0.4, -0.2) is 68.7 Å². The van der Waals surface area contributed by atoms with E-state index in [1.807, 2.05) is 85.2 Å². The molecule has 2 saturated heterocycles. The van der Waals surface area contributed by atoms with Crippen LogP contribution in [0.25, 0.3) is 10.9 Å². The van der Waals surface area contributed by atoms with Gasteiger partial charge < -0.3 is 24.8 Å². The van der Waals surface area contributed by atoms with Crippen LogP contribution in [0.1, 0.15) is 48.2 Å². The van der Waals surface area contributed by atoms with Gasteiger partial charge in [0.1, 0.15) is 28.9 Å². The summed E-state index contributed by atoms with van der Waals surface area (Å²) in [6.07, 6.45) is 2.26. The van der Waals surface area contributed by atoms with Gasteiger partial charge in [-0.3, -0.25) is 14.4 Å². The first kappa shape index (κ1) is 26.6. The SMILES string of the molecule is CC(C)(C)[C@H](NC(=O)c1cc2ccccc2[nH]1)C(=O)N1C[C@@H]2C[C@H]1CN2C(=O)c1ccc(Oc2ccccc2)cn1. The van der Waals surface area contributed by atoms with Gasteiger partial charge >= 0.3 is 0 Å². The Bertz CT molecular complexity index is 1560. The highest BCUT2D eigenvalue weighted by atomic mass is 16.5. The fourth-order valence-electron chi connectivity index (χ4n) is 5.74. The molecule has 3 atom stereocenters. The van der Waals surface area contributed by atoms with Crippen LogP contribution in [0.15, 0.2) is 79.0 Å². The lowest BCUT2D eigenvalue weighted by molar-refractivity contribution is -0.138. The second kappa shape index (κ2) is 10.4. The van der Waals surface area contributed by atoms with Crippen molar-refractivity contribution in [3.05, 3.63) is 90.4 Å². The maximum atomic E-state index is 13.8. The summed E-state index contributed by atoms with van der Waals surface area (Å²) in [6.45, 7) is 6.71. The number of fused-ring (bicyclic) bond motifs is 3. The molecule has 2 aromatic carbocycles. The van der Waals surface area contributed by atoms with Crippen LogP contribution in [0.3, 0.4) is 0 Å². The molecule has 2 aromatic heterocycles. The normalized spacial score (nSPS) is 18.9. The van der Waals surface area contributed by atoms with Crippen molar-refractivity contribution in [3.63, 3.8) is 0 Å². The van der Waals surface area contributed by atoms with E-state index < -0.39 is 11.5 Å². The van der Waals surface area contributed by atoms with Gasteiger partial charge in [0.05, 0.1) is 18.3 Å². The number of aromatic nitrogens is 2. The molecule has 210 valence electrons. The molecule has 6 rings (SSSR count). The van der Waals surface area contributed by atoms with E-state index in [1.54, 1.807) is 24.4 Å². The molecular weight excluding hydrogens is 518 g/mol. The predicted molar refractivity (Wildman–Crippen MR) is 155 cm³/mol. The summed E-state index contributed by atoms with van der Waals surface area (Å²) in [5.74, 6) is 0.648. The highest BCUT2D eigenvalue weighted by molar-refractivity contribution is 6.00. The van der Waals surface area contributed by atoms with E-state index >= 15 is 0 Å². The van der Waals surface area contributed by atoms with E-state index in [2.05, 4.69) is 15.3 Å². The molecule has 0 unspecified atom stereocenters. The van der Waals surface area contributed by atoms with Crippen LogP contribution in [0.2, 0.25) is 0 Å². The maximum absolute atomic E-state index is 13.8. The van der Waals surface area contributed by atoms with Gasteiger partial charge in [0.15, 0.2) is 0 Å². The van der Waals surface area contributed by atoms with Crippen LogP contribution >= 0.6 is 0 Å². The number of piperazine rings is 1. The van der Waals surface area contributed by atoms with Crippen molar-refractivity contribution >= 4 is 28.6 Å². The minimum atomic E-state index is -0.719. The molecule has 0 spiro atoms. The highest BCUT2D eigenvalue weighted by Gasteiger charge is 2.50. The van der Waals surface area contributed by atoms with Gasteiger partial charge in [-0.15, -0.1) is 0 Å². The first-order valence-corrected chi connectivity index (χ1v) is 13.9. The van der Waals surface area contributed by atoms with Crippen LogP contribution in [0.4, 0.5) is 0 Å². The third-order valence-corrected chi connectivity index (χ3v) is 7.88. The first-order valence-electron chi connectivity index (χ1n) is 13.9. The second-order valence-electron chi connectivity index (χ2n) is 11.8. The summed E-state index contributed by atoms with van der Waals surface area (Å²) in [7, 11) is 0. The lowest BCUT2D eigenvalue weighted by atomic mass is 9.85. The number of carbonyl (C=O) groups is 3. The molecule has 3 amide bonds.